The van der Waals surface area contributed by atoms with Crippen LogP contribution in [0.1, 0.15) is 25.0 Å². The molecule has 0 aliphatic carbocycles. The van der Waals surface area contributed by atoms with Gasteiger partial charge in [0.2, 0.25) is 0 Å². The summed E-state index contributed by atoms with van der Waals surface area (Å²) in [5.74, 6) is -2.50. The van der Waals surface area contributed by atoms with Crippen molar-refractivity contribution in [2.45, 2.75) is 25.6 Å². The normalized spacial score (nSPS) is 13.5. The van der Waals surface area contributed by atoms with Gasteiger partial charge in [-0.2, -0.15) is 18.4 Å². The van der Waals surface area contributed by atoms with E-state index in [2.05, 4.69) is 5.32 Å². The van der Waals surface area contributed by atoms with Gasteiger partial charge in [0.15, 0.2) is 5.60 Å². The zero-order chi connectivity index (χ0) is 22.7. The van der Waals surface area contributed by atoms with Crippen molar-refractivity contribution in [2.24, 2.45) is 5.92 Å². The van der Waals surface area contributed by atoms with Gasteiger partial charge in [-0.3, -0.25) is 4.79 Å². The SMILES string of the molecule is CC(C)[C@](O)(COc1ccc(Cl)c(F)c1)C(=O)Nc1ccc(C#N)c(C(F)(F)F)c1. The Morgan fingerprint density at radius 1 is 1.27 bits per heavy atom. The number of anilines is 1. The molecule has 10 heteroatoms. The molecule has 0 saturated carbocycles. The van der Waals surface area contributed by atoms with Gasteiger partial charge in [-0.25, -0.2) is 4.39 Å². The molecule has 1 atom stereocenters. The third-order valence-electron chi connectivity index (χ3n) is 4.40. The number of carbonyl (C=O) groups excluding carboxylic acids is 1. The Balaban J connectivity index is 2.24. The fourth-order valence-corrected chi connectivity index (χ4v) is 2.57. The van der Waals surface area contributed by atoms with Crippen LogP contribution in [0.15, 0.2) is 36.4 Å². The smallest absolute Gasteiger partial charge is 0.417 e. The molecule has 2 N–H and O–H groups in total. The number of nitrogens with zero attached hydrogens (tertiary/aromatic N) is 1. The summed E-state index contributed by atoms with van der Waals surface area (Å²) in [4.78, 5) is 12.7. The summed E-state index contributed by atoms with van der Waals surface area (Å²) >= 11 is 5.58. The molecule has 0 aliphatic rings. The van der Waals surface area contributed by atoms with Crippen molar-refractivity contribution in [3.63, 3.8) is 0 Å². The van der Waals surface area contributed by atoms with E-state index < -0.39 is 47.2 Å². The number of amides is 1. The van der Waals surface area contributed by atoms with Crippen LogP contribution in [0.25, 0.3) is 0 Å². The zero-order valence-electron chi connectivity index (χ0n) is 15.8. The minimum absolute atomic E-state index is 0.00139. The number of hydrogen-bond donors (Lipinski definition) is 2. The van der Waals surface area contributed by atoms with Crippen molar-refractivity contribution in [1.82, 2.24) is 0 Å². The van der Waals surface area contributed by atoms with Crippen LogP contribution in [-0.2, 0) is 11.0 Å². The molecule has 0 aliphatic heterocycles. The molecular weight excluding hydrogens is 428 g/mol. The van der Waals surface area contributed by atoms with E-state index in [1.54, 1.807) is 0 Å². The van der Waals surface area contributed by atoms with E-state index in [1.807, 2.05) is 0 Å². The van der Waals surface area contributed by atoms with E-state index in [-0.39, 0.29) is 16.5 Å². The maximum absolute atomic E-state index is 13.5. The van der Waals surface area contributed by atoms with Crippen LogP contribution >= 0.6 is 11.6 Å². The van der Waals surface area contributed by atoms with Gasteiger partial charge in [0.05, 0.1) is 22.2 Å². The highest BCUT2D eigenvalue weighted by molar-refractivity contribution is 6.30. The molecular formula is C20H17ClF4N2O3. The number of hydrogen-bond acceptors (Lipinski definition) is 4. The first-order valence-electron chi connectivity index (χ1n) is 8.61. The second-order valence-corrected chi connectivity index (χ2v) is 7.17. The molecule has 0 saturated heterocycles. The van der Waals surface area contributed by atoms with E-state index in [4.69, 9.17) is 21.6 Å². The fourth-order valence-electron chi connectivity index (χ4n) is 2.45. The fraction of sp³-hybridized carbons (Fsp3) is 0.300. The summed E-state index contributed by atoms with van der Waals surface area (Å²) in [5.41, 5.74) is -4.23. The second kappa shape index (κ2) is 8.90. The third-order valence-corrected chi connectivity index (χ3v) is 4.71. The van der Waals surface area contributed by atoms with Crippen LogP contribution in [0.4, 0.5) is 23.2 Å². The quantitative estimate of drug-likeness (QED) is 0.628. The Morgan fingerprint density at radius 3 is 2.47 bits per heavy atom. The van der Waals surface area contributed by atoms with Gasteiger partial charge in [0.1, 0.15) is 18.2 Å². The number of aliphatic hydroxyl groups is 1. The maximum atomic E-state index is 13.5. The number of benzene rings is 2. The van der Waals surface area contributed by atoms with Crippen LogP contribution in [0.3, 0.4) is 0 Å². The maximum Gasteiger partial charge on any atom is 0.417 e. The third kappa shape index (κ3) is 5.20. The molecule has 2 aromatic carbocycles. The molecule has 0 spiro atoms. The molecule has 0 aromatic heterocycles. The Hall–Kier alpha value is -2.83. The van der Waals surface area contributed by atoms with E-state index in [1.165, 1.54) is 32.0 Å². The van der Waals surface area contributed by atoms with Crippen molar-refractivity contribution in [3.05, 3.63) is 58.4 Å². The molecule has 2 aromatic rings. The summed E-state index contributed by atoms with van der Waals surface area (Å²) in [6.07, 6.45) is -4.80. The molecule has 0 unspecified atom stereocenters. The standard InChI is InChI=1S/C20H17ClF4N2O3/c1-11(2)19(29,10-30-14-5-6-16(21)17(22)8-14)18(28)27-13-4-3-12(9-26)15(7-13)20(23,24)25/h3-8,11,29H,10H2,1-2H3,(H,27,28)/t19-/m1/s1. The minimum Gasteiger partial charge on any atom is -0.490 e. The lowest BCUT2D eigenvalue weighted by atomic mass is 9.90. The van der Waals surface area contributed by atoms with Crippen LogP contribution in [0.2, 0.25) is 5.02 Å². The second-order valence-electron chi connectivity index (χ2n) is 6.77. The molecule has 0 radical (unpaired) electrons. The van der Waals surface area contributed by atoms with E-state index in [9.17, 15) is 27.5 Å². The minimum atomic E-state index is -4.80. The van der Waals surface area contributed by atoms with Gasteiger partial charge in [-0.1, -0.05) is 25.4 Å². The highest BCUT2D eigenvalue weighted by atomic mass is 35.5. The van der Waals surface area contributed by atoms with Crippen LogP contribution in [-0.4, -0.2) is 23.2 Å². The number of nitrogens with one attached hydrogen (secondary N) is 1. The average molecular weight is 445 g/mol. The number of carbonyl (C=O) groups is 1. The summed E-state index contributed by atoms with van der Waals surface area (Å²) < 4.78 is 58.2. The average Bonchev–Trinajstić information content (AvgIpc) is 2.67. The zero-order valence-corrected chi connectivity index (χ0v) is 16.6. The predicted molar refractivity (Wildman–Crippen MR) is 101 cm³/mol. The monoisotopic (exact) mass is 444 g/mol. The van der Waals surface area contributed by atoms with Crippen molar-refractivity contribution >= 4 is 23.2 Å². The summed E-state index contributed by atoms with van der Waals surface area (Å²) in [7, 11) is 0. The van der Waals surface area contributed by atoms with Crippen LogP contribution in [0, 0.1) is 23.1 Å². The Morgan fingerprint density at radius 2 is 1.93 bits per heavy atom. The van der Waals surface area contributed by atoms with Crippen molar-refractivity contribution in [3.8, 4) is 11.8 Å². The Bertz CT molecular complexity index is 989. The molecule has 5 nitrogen and oxygen atoms in total. The van der Waals surface area contributed by atoms with Crippen LogP contribution < -0.4 is 10.1 Å². The number of nitriles is 1. The first kappa shape index (κ1) is 23.4. The van der Waals surface area contributed by atoms with E-state index >= 15 is 0 Å². The molecule has 1 amide bonds. The van der Waals surface area contributed by atoms with Gasteiger partial charge in [-0.05, 0) is 36.2 Å². The molecule has 30 heavy (non-hydrogen) atoms. The molecule has 0 fully saturated rings. The van der Waals surface area contributed by atoms with Gasteiger partial charge in [-0.15, -0.1) is 0 Å². The predicted octanol–water partition coefficient (Wildman–Crippen LogP) is 4.77. The topological polar surface area (TPSA) is 82.3 Å². The largest absolute Gasteiger partial charge is 0.490 e. The Kier molecular flexibility index (Phi) is 6.95. The highest BCUT2D eigenvalue weighted by Crippen LogP contribution is 2.34. The van der Waals surface area contributed by atoms with Gasteiger partial charge in [0, 0.05) is 11.8 Å². The summed E-state index contributed by atoms with van der Waals surface area (Å²) in [6.45, 7) is 2.41. The van der Waals surface area contributed by atoms with Gasteiger partial charge >= 0.3 is 6.18 Å². The van der Waals surface area contributed by atoms with E-state index in [0.29, 0.717) is 6.07 Å². The molecule has 2 rings (SSSR count). The molecule has 160 valence electrons. The van der Waals surface area contributed by atoms with E-state index in [0.717, 1.165) is 18.2 Å². The number of rotatable bonds is 6. The first-order valence-corrected chi connectivity index (χ1v) is 8.99. The number of halogens is 5. The van der Waals surface area contributed by atoms with Gasteiger partial charge in [0.25, 0.3) is 5.91 Å². The van der Waals surface area contributed by atoms with Crippen molar-refractivity contribution in [1.29, 1.82) is 5.26 Å². The molecule has 0 heterocycles. The van der Waals surface area contributed by atoms with Crippen molar-refractivity contribution in [2.75, 3.05) is 11.9 Å². The van der Waals surface area contributed by atoms with Crippen molar-refractivity contribution < 1.29 is 32.2 Å². The number of ether oxygens (including phenoxy) is 1. The summed E-state index contributed by atoms with van der Waals surface area (Å²) in [6, 6.07) is 7.60. The van der Waals surface area contributed by atoms with Crippen LogP contribution in [0.5, 0.6) is 5.75 Å². The lowest BCUT2D eigenvalue weighted by Gasteiger charge is -2.30. The van der Waals surface area contributed by atoms with Gasteiger partial charge < -0.3 is 15.2 Å². The summed E-state index contributed by atoms with van der Waals surface area (Å²) in [5, 5.41) is 21.7. The number of alkyl halides is 3. The lowest BCUT2D eigenvalue weighted by molar-refractivity contribution is -0.143. The first-order chi connectivity index (χ1) is 13.9. The molecule has 0 bridgehead atoms. The lowest BCUT2D eigenvalue weighted by Crippen LogP contribution is -2.52. The Labute approximate surface area is 174 Å². The highest BCUT2D eigenvalue weighted by Gasteiger charge is 2.41.